The molecule has 2 rings (SSSR count). The number of carbonyl (C=O) groups is 1. The second-order valence-corrected chi connectivity index (χ2v) is 4.57. The van der Waals surface area contributed by atoms with Gasteiger partial charge in [-0.05, 0) is 37.5 Å². The number of rotatable bonds is 3. The van der Waals surface area contributed by atoms with E-state index in [9.17, 15) is 9.18 Å². The van der Waals surface area contributed by atoms with Gasteiger partial charge in [-0.25, -0.2) is 4.39 Å². The first-order valence-corrected chi connectivity index (χ1v) is 6.41. The maximum atomic E-state index is 13.3. The van der Waals surface area contributed by atoms with E-state index in [-0.39, 0.29) is 24.1 Å². The van der Waals surface area contributed by atoms with E-state index in [0.717, 1.165) is 19.3 Å². The average Bonchev–Trinajstić information content (AvgIpc) is 2.35. The zero-order valence-corrected chi connectivity index (χ0v) is 10.6. The molecule has 1 saturated carbocycles. The van der Waals surface area contributed by atoms with Crippen molar-refractivity contribution in [2.75, 3.05) is 6.61 Å². The molecule has 0 radical (unpaired) electrons. The lowest BCUT2D eigenvalue weighted by Crippen LogP contribution is -2.39. The molecule has 100 valence electrons. The minimum Gasteiger partial charge on any atom is -0.395 e. The topological polar surface area (TPSA) is 49.3 Å². The molecular weight excluding hydrogens is 245 g/mol. The Labute approximate surface area is 111 Å². The molecule has 0 aliphatic heterocycles. The summed E-state index contributed by atoms with van der Waals surface area (Å²) in [5.41, 5.74) is 0.754. The zero-order chi connectivity index (χ0) is 13.7. The maximum Gasteiger partial charge on any atom is 0.252 e. The lowest BCUT2D eigenvalue weighted by atomic mass is 9.92. The normalized spacial score (nSPS) is 14.2. The summed E-state index contributed by atoms with van der Waals surface area (Å²) >= 11 is 0. The summed E-state index contributed by atoms with van der Waals surface area (Å²) in [6, 6.07) is 4.18. The predicted molar refractivity (Wildman–Crippen MR) is 70.1 cm³/mol. The SMILES string of the molecule is O=C(NC1CCC1)c1cc(F)ccc1C#CCCO. The molecule has 0 saturated heterocycles. The molecule has 1 aromatic rings. The number of amides is 1. The van der Waals surface area contributed by atoms with Crippen LogP contribution >= 0.6 is 0 Å². The van der Waals surface area contributed by atoms with Gasteiger partial charge < -0.3 is 10.4 Å². The molecule has 4 heteroatoms. The smallest absolute Gasteiger partial charge is 0.252 e. The van der Waals surface area contributed by atoms with E-state index >= 15 is 0 Å². The number of carbonyl (C=O) groups excluding carboxylic acids is 1. The van der Waals surface area contributed by atoms with E-state index in [1.807, 2.05) is 0 Å². The van der Waals surface area contributed by atoms with Crippen molar-refractivity contribution in [3.8, 4) is 11.8 Å². The summed E-state index contributed by atoms with van der Waals surface area (Å²) in [7, 11) is 0. The van der Waals surface area contributed by atoms with E-state index in [4.69, 9.17) is 5.11 Å². The quantitative estimate of drug-likeness (QED) is 0.816. The van der Waals surface area contributed by atoms with Gasteiger partial charge in [0.1, 0.15) is 5.82 Å². The van der Waals surface area contributed by atoms with Gasteiger partial charge in [0.2, 0.25) is 0 Å². The zero-order valence-electron chi connectivity index (χ0n) is 10.6. The van der Waals surface area contributed by atoms with Gasteiger partial charge in [-0.1, -0.05) is 11.8 Å². The van der Waals surface area contributed by atoms with Crippen molar-refractivity contribution in [2.24, 2.45) is 0 Å². The van der Waals surface area contributed by atoms with Gasteiger partial charge in [-0.3, -0.25) is 4.79 Å². The van der Waals surface area contributed by atoms with Crippen LogP contribution in [0.2, 0.25) is 0 Å². The van der Waals surface area contributed by atoms with Crippen molar-refractivity contribution in [2.45, 2.75) is 31.7 Å². The van der Waals surface area contributed by atoms with Crippen LogP contribution in [0.25, 0.3) is 0 Å². The molecule has 1 amide bonds. The number of aliphatic hydroxyl groups excluding tert-OH is 1. The van der Waals surface area contributed by atoms with Crippen molar-refractivity contribution in [1.29, 1.82) is 0 Å². The molecule has 0 spiro atoms. The van der Waals surface area contributed by atoms with Crippen LogP contribution in [0, 0.1) is 17.7 Å². The molecular formula is C15H16FNO2. The molecule has 0 heterocycles. The van der Waals surface area contributed by atoms with Crippen LogP contribution in [0.1, 0.15) is 41.6 Å². The van der Waals surface area contributed by atoms with Crippen LogP contribution in [0.5, 0.6) is 0 Å². The van der Waals surface area contributed by atoms with Crippen LogP contribution in [0.3, 0.4) is 0 Å². The third-order valence-corrected chi connectivity index (χ3v) is 3.13. The molecule has 1 aromatic carbocycles. The van der Waals surface area contributed by atoms with Gasteiger partial charge in [-0.15, -0.1) is 0 Å². The molecule has 0 aromatic heterocycles. The van der Waals surface area contributed by atoms with E-state index < -0.39 is 5.82 Å². The molecule has 0 atom stereocenters. The lowest BCUT2D eigenvalue weighted by Gasteiger charge is -2.26. The molecule has 3 nitrogen and oxygen atoms in total. The van der Waals surface area contributed by atoms with Crippen molar-refractivity contribution < 1.29 is 14.3 Å². The Morgan fingerprint density at radius 3 is 2.89 bits per heavy atom. The van der Waals surface area contributed by atoms with Crippen molar-refractivity contribution >= 4 is 5.91 Å². The van der Waals surface area contributed by atoms with Crippen molar-refractivity contribution in [3.63, 3.8) is 0 Å². The first kappa shape index (κ1) is 13.6. The summed E-state index contributed by atoms with van der Waals surface area (Å²) < 4.78 is 13.3. The Kier molecular flexibility index (Phi) is 4.53. The van der Waals surface area contributed by atoms with Crippen molar-refractivity contribution in [3.05, 3.63) is 35.1 Å². The Balaban J connectivity index is 2.18. The van der Waals surface area contributed by atoms with Gasteiger partial charge in [0.25, 0.3) is 5.91 Å². The van der Waals surface area contributed by atoms with Gasteiger partial charge in [-0.2, -0.15) is 0 Å². The van der Waals surface area contributed by atoms with Crippen molar-refractivity contribution in [1.82, 2.24) is 5.32 Å². The van der Waals surface area contributed by atoms with Gasteiger partial charge in [0, 0.05) is 18.0 Å². The first-order chi connectivity index (χ1) is 9.20. The van der Waals surface area contributed by atoms with Gasteiger partial charge >= 0.3 is 0 Å². The highest BCUT2D eigenvalue weighted by molar-refractivity contribution is 5.97. The summed E-state index contributed by atoms with van der Waals surface area (Å²) in [6.45, 7) is -0.0300. The van der Waals surface area contributed by atoms with Gasteiger partial charge in [0.05, 0.1) is 12.2 Å². The molecule has 1 aliphatic rings. The Morgan fingerprint density at radius 2 is 2.26 bits per heavy atom. The molecule has 1 fully saturated rings. The highest BCUT2D eigenvalue weighted by Crippen LogP contribution is 2.19. The fourth-order valence-corrected chi connectivity index (χ4v) is 1.84. The number of benzene rings is 1. The van der Waals surface area contributed by atoms with Crippen LogP contribution < -0.4 is 5.32 Å². The second-order valence-electron chi connectivity index (χ2n) is 4.57. The van der Waals surface area contributed by atoms with Crippen LogP contribution in [-0.2, 0) is 0 Å². The van der Waals surface area contributed by atoms with Crippen LogP contribution in [0.4, 0.5) is 4.39 Å². The third kappa shape index (κ3) is 3.55. The standard InChI is InChI=1S/C15H16FNO2/c16-12-8-7-11(4-1-2-9-18)14(10-12)15(19)17-13-5-3-6-13/h7-8,10,13,18H,2-3,5-6,9H2,(H,17,19). The van der Waals surface area contributed by atoms with E-state index in [0.29, 0.717) is 12.0 Å². The summed E-state index contributed by atoms with van der Waals surface area (Å²) in [6.07, 6.45) is 3.41. The lowest BCUT2D eigenvalue weighted by molar-refractivity contribution is 0.0916. The first-order valence-electron chi connectivity index (χ1n) is 6.41. The fourth-order valence-electron chi connectivity index (χ4n) is 1.84. The van der Waals surface area contributed by atoms with Gasteiger partial charge in [0.15, 0.2) is 0 Å². The molecule has 19 heavy (non-hydrogen) atoms. The predicted octanol–water partition coefficient (Wildman–Crippen LogP) is 1.84. The number of nitrogens with one attached hydrogen (secondary N) is 1. The fraction of sp³-hybridized carbons (Fsp3) is 0.400. The molecule has 2 N–H and O–H groups in total. The van der Waals surface area contributed by atoms with Crippen LogP contribution in [-0.4, -0.2) is 23.7 Å². The number of aliphatic hydroxyl groups is 1. The van der Waals surface area contributed by atoms with E-state index in [1.54, 1.807) is 0 Å². The monoisotopic (exact) mass is 261 g/mol. The maximum absolute atomic E-state index is 13.3. The summed E-state index contributed by atoms with van der Waals surface area (Å²) in [4.78, 5) is 12.1. The Hall–Kier alpha value is -1.86. The van der Waals surface area contributed by atoms with E-state index in [1.165, 1.54) is 18.2 Å². The second kappa shape index (κ2) is 6.35. The number of halogens is 1. The Morgan fingerprint density at radius 1 is 1.47 bits per heavy atom. The highest BCUT2D eigenvalue weighted by Gasteiger charge is 2.21. The molecule has 1 aliphatic carbocycles. The molecule has 0 unspecified atom stereocenters. The average molecular weight is 261 g/mol. The minimum absolute atomic E-state index is 0.0300. The summed E-state index contributed by atoms with van der Waals surface area (Å²) in [5.74, 6) is 4.81. The number of hydrogen-bond donors (Lipinski definition) is 2. The summed E-state index contributed by atoms with van der Waals surface area (Å²) in [5, 5.41) is 11.6. The largest absolute Gasteiger partial charge is 0.395 e. The number of hydrogen-bond acceptors (Lipinski definition) is 2. The van der Waals surface area contributed by atoms with E-state index in [2.05, 4.69) is 17.2 Å². The third-order valence-electron chi connectivity index (χ3n) is 3.13. The molecule has 0 bridgehead atoms. The Bertz CT molecular complexity index is 527. The van der Waals surface area contributed by atoms with Crippen LogP contribution in [0.15, 0.2) is 18.2 Å². The minimum atomic E-state index is -0.452. The highest BCUT2D eigenvalue weighted by atomic mass is 19.1.